The van der Waals surface area contributed by atoms with Crippen molar-refractivity contribution in [2.45, 2.75) is 19.8 Å². The predicted molar refractivity (Wildman–Crippen MR) is 125 cm³/mol. The lowest BCUT2D eigenvalue weighted by molar-refractivity contribution is 0.354. The first kappa shape index (κ1) is 23.6. The summed E-state index contributed by atoms with van der Waals surface area (Å²) in [4.78, 5) is 5.73. The lowest BCUT2D eigenvalue weighted by atomic mass is 10.1. The van der Waals surface area contributed by atoms with Gasteiger partial charge in [0.2, 0.25) is 0 Å². The Morgan fingerprint density at radius 1 is 1.15 bits per heavy atom. The van der Waals surface area contributed by atoms with Crippen LogP contribution in [0.3, 0.4) is 0 Å². The van der Waals surface area contributed by atoms with E-state index in [0.29, 0.717) is 5.92 Å². The lowest BCUT2D eigenvalue weighted by Gasteiger charge is -2.16. The molecule has 150 valence electrons. The first-order chi connectivity index (χ1) is 12.7. The number of rotatable bonds is 9. The van der Waals surface area contributed by atoms with Crippen LogP contribution in [0.5, 0.6) is 11.5 Å². The molecule has 27 heavy (non-hydrogen) atoms. The fourth-order valence-electron chi connectivity index (χ4n) is 2.70. The van der Waals surface area contributed by atoms with Crippen molar-refractivity contribution in [1.82, 2.24) is 10.6 Å². The van der Waals surface area contributed by atoms with Crippen LogP contribution in [-0.2, 0) is 12.8 Å². The van der Waals surface area contributed by atoms with Crippen molar-refractivity contribution >= 4 is 41.3 Å². The minimum absolute atomic E-state index is 0. The van der Waals surface area contributed by atoms with Gasteiger partial charge in [0.15, 0.2) is 17.5 Å². The quantitative estimate of drug-likeness (QED) is 0.309. The second-order valence-electron chi connectivity index (χ2n) is 6.21. The van der Waals surface area contributed by atoms with Crippen LogP contribution in [-0.4, -0.2) is 40.3 Å². The molecule has 7 heteroatoms. The topological polar surface area (TPSA) is 54.9 Å². The van der Waals surface area contributed by atoms with Crippen molar-refractivity contribution in [3.63, 3.8) is 0 Å². The summed E-state index contributed by atoms with van der Waals surface area (Å²) in [5.41, 5.74) is 1.19. The van der Waals surface area contributed by atoms with Crippen LogP contribution in [0.25, 0.3) is 0 Å². The van der Waals surface area contributed by atoms with E-state index in [4.69, 9.17) is 9.47 Å². The number of halogens is 1. The van der Waals surface area contributed by atoms with Crippen molar-refractivity contribution in [2.75, 3.05) is 34.4 Å². The number of aliphatic imine (C=N–C) groups is 1. The SMILES string of the molecule is CN=C(NCCc1ccc(OC)c(OC)c1)NCC(C)Cc1cccs1.I. The second-order valence-corrected chi connectivity index (χ2v) is 7.24. The lowest BCUT2D eigenvalue weighted by Crippen LogP contribution is -2.40. The van der Waals surface area contributed by atoms with E-state index in [1.807, 2.05) is 23.5 Å². The first-order valence-corrected chi connectivity index (χ1v) is 9.72. The number of ether oxygens (including phenoxy) is 2. The van der Waals surface area contributed by atoms with Gasteiger partial charge in [0.25, 0.3) is 0 Å². The van der Waals surface area contributed by atoms with Crippen molar-refractivity contribution in [3.05, 3.63) is 46.2 Å². The summed E-state index contributed by atoms with van der Waals surface area (Å²) >= 11 is 1.82. The van der Waals surface area contributed by atoms with Gasteiger partial charge in [0.1, 0.15) is 0 Å². The zero-order valence-corrected chi connectivity index (χ0v) is 19.6. The molecule has 2 rings (SSSR count). The van der Waals surface area contributed by atoms with E-state index < -0.39 is 0 Å². The third kappa shape index (κ3) is 7.96. The summed E-state index contributed by atoms with van der Waals surface area (Å²) < 4.78 is 10.6. The Hall–Kier alpha value is -1.48. The molecule has 0 aliphatic heterocycles. The monoisotopic (exact) mass is 503 g/mol. The number of nitrogens with zero attached hydrogens (tertiary/aromatic N) is 1. The molecular weight excluding hydrogens is 473 g/mol. The van der Waals surface area contributed by atoms with Crippen molar-refractivity contribution in [3.8, 4) is 11.5 Å². The van der Waals surface area contributed by atoms with E-state index in [9.17, 15) is 0 Å². The zero-order chi connectivity index (χ0) is 18.8. The second kappa shape index (κ2) is 12.8. The van der Waals surface area contributed by atoms with Gasteiger partial charge < -0.3 is 20.1 Å². The first-order valence-electron chi connectivity index (χ1n) is 8.84. The highest BCUT2D eigenvalue weighted by molar-refractivity contribution is 14.0. The summed E-state index contributed by atoms with van der Waals surface area (Å²) in [6.45, 7) is 3.95. The summed E-state index contributed by atoms with van der Waals surface area (Å²) in [5.74, 6) is 2.90. The molecule has 2 aromatic rings. The molecule has 1 atom stereocenters. The van der Waals surface area contributed by atoms with Gasteiger partial charge >= 0.3 is 0 Å². The smallest absolute Gasteiger partial charge is 0.190 e. The highest BCUT2D eigenvalue weighted by Gasteiger charge is 2.07. The van der Waals surface area contributed by atoms with Gasteiger partial charge in [-0.05, 0) is 47.9 Å². The molecule has 0 aliphatic carbocycles. The third-order valence-corrected chi connectivity index (χ3v) is 5.02. The van der Waals surface area contributed by atoms with Crippen LogP contribution >= 0.6 is 35.3 Å². The van der Waals surface area contributed by atoms with Crippen molar-refractivity contribution < 1.29 is 9.47 Å². The van der Waals surface area contributed by atoms with E-state index >= 15 is 0 Å². The predicted octanol–water partition coefficient (Wildman–Crippen LogP) is 3.97. The van der Waals surface area contributed by atoms with Crippen LogP contribution in [0.2, 0.25) is 0 Å². The summed E-state index contributed by atoms with van der Waals surface area (Å²) in [5, 5.41) is 8.90. The molecule has 1 unspecified atom stereocenters. The molecule has 1 heterocycles. The molecule has 0 aliphatic rings. The molecule has 0 radical (unpaired) electrons. The summed E-state index contributed by atoms with van der Waals surface area (Å²) in [7, 11) is 5.10. The van der Waals surface area contributed by atoms with Gasteiger partial charge in [-0.3, -0.25) is 4.99 Å². The molecule has 0 fully saturated rings. The fraction of sp³-hybridized carbons (Fsp3) is 0.450. The molecule has 0 amide bonds. The molecule has 1 aromatic heterocycles. The Labute approximate surface area is 183 Å². The molecular formula is C20H30IN3O2S. The van der Waals surface area contributed by atoms with Gasteiger partial charge in [-0.2, -0.15) is 0 Å². The number of hydrogen-bond acceptors (Lipinski definition) is 4. The average Bonchev–Trinajstić information content (AvgIpc) is 3.17. The number of methoxy groups -OCH3 is 2. The molecule has 0 saturated carbocycles. The number of benzene rings is 1. The van der Waals surface area contributed by atoms with E-state index in [0.717, 1.165) is 43.4 Å². The maximum absolute atomic E-state index is 5.35. The normalized spacial score (nSPS) is 12.1. The number of hydrogen-bond donors (Lipinski definition) is 2. The fourth-order valence-corrected chi connectivity index (χ4v) is 3.57. The summed E-state index contributed by atoms with van der Waals surface area (Å²) in [6, 6.07) is 10.3. The van der Waals surface area contributed by atoms with Crippen LogP contribution in [0.4, 0.5) is 0 Å². The van der Waals surface area contributed by atoms with E-state index in [-0.39, 0.29) is 24.0 Å². The standard InChI is InChI=1S/C20H29N3O2S.HI/c1-15(12-17-6-5-11-26-17)14-23-20(21-2)22-10-9-16-7-8-18(24-3)19(13-16)25-4;/h5-8,11,13,15H,9-10,12,14H2,1-4H3,(H2,21,22,23);1H. The van der Waals surface area contributed by atoms with Gasteiger partial charge in [0.05, 0.1) is 14.2 Å². The van der Waals surface area contributed by atoms with Crippen LogP contribution in [0.15, 0.2) is 40.7 Å². The molecule has 0 spiro atoms. The van der Waals surface area contributed by atoms with Gasteiger partial charge in [-0.25, -0.2) is 0 Å². The average molecular weight is 503 g/mol. The van der Waals surface area contributed by atoms with E-state index in [2.05, 4.69) is 46.1 Å². The highest BCUT2D eigenvalue weighted by atomic mass is 127. The maximum Gasteiger partial charge on any atom is 0.190 e. The molecule has 5 nitrogen and oxygen atoms in total. The zero-order valence-electron chi connectivity index (χ0n) is 16.5. The van der Waals surface area contributed by atoms with Gasteiger partial charge in [-0.15, -0.1) is 35.3 Å². The molecule has 0 bridgehead atoms. The van der Waals surface area contributed by atoms with Crippen molar-refractivity contribution in [2.24, 2.45) is 10.9 Å². The van der Waals surface area contributed by atoms with Crippen LogP contribution < -0.4 is 20.1 Å². The largest absolute Gasteiger partial charge is 0.493 e. The van der Waals surface area contributed by atoms with Crippen LogP contribution in [0.1, 0.15) is 17.4 Å². The number of nitrogens with one attached hydrogen (secondary N) is 2. The number of guanidine groups is 1. The van der Waals surface area contributed by atoms with E-state index in [1.54, 1.807) is 21.3 Å². The third-order valence-electron chi connectivity index (χ3n) is 4.13. The molecule has 1 aromatic carbocycles. The van der Waals surface area contributed by atoms with Gasteiger partial charge in [-0.1, -0.05) is 19.1 Å². The van der Waals surface area contributed by atoms with Gasteiger partial charge in [0, 0.05) is 25.0 Å². The Balaban J connectivity index is 0.00000364. The minimum atomic E-state index is 0. The number of thiophene rings is 1. The summed E-state index contributed by atoms with van der Waals surface area (Å²) in [6.07, 6.45) is 1.97. The van der Waals surface area contributed by atoms with Crippen LogP contribution in [0, 0.1) is 5.92 Å². The van der Waals surface area contributed by atoms with E-state index in [1.165, 1.54) is 10.4 Å². The molecule has 2 N–H and O–H groups in total. The molecule has 0 saturated heterocycles. The minimum Gasteiger partial charge on any atom is -0.493 e. The Kier molecular flexibility index (Phi) is 11.2. The highest BCUT2D eigenvalue weighted by Crippen LogP contribution is 2.27. The Bertz CT molecular complexity index is 693. The maximum atomic E-state index is 5.35. The Morgan fingerprint density at radius 3 is 2.56 bits per heavy atom. The van der Waals surface area contributed by atoms with Crippen molar-refractivity contribution in [1.29, 1.82) is 0 Å². The Morgan fingerprint density at radius 2 is 1.93 bits per heavy atom.